The van der Waals surface area contributed by atoms with Gasteiger partial charge in [0, 0.05) is 28.2 Å². The summed E-state index contributed by atoms with van der Waals surface area (Å²) in [6.45, 7) is 0. The van der Waals surface area contributed by atoms with Crippen LogP contribution in [-0.2, 0) is 10.0 Å². The van der Waals surface area contributed by atoms with E-state index in [1.54, 1.807) is 24.3 Å². The van der Waals surface area contributed by atoms with E-state index >= 15 is 0 Å². The molecule has 3 unspecified atom stereocenters. The van der Waals surface area contributed by atoms with E-state index in [-0.39, 0.29) is 10.9 Å². The first-order valence-corrected chi connectivity index (χ1v) is 12.1. The zero-order valence-electron chi connectivity index (χ0n) is 16.6. The molecule has 162 valence electrons. The van der Waals surface area contributed by atoms with E-state index < -0.39 is 10.0 Å². The normalized spacial score (nSPS) is 23.5. The fourth-order valence-electron chi connectivity index (χ4n) is 4.28. The fourth-order valence-corrected chi connectivity index (χ4v) is 5.47. The third-order valence-corrected chi connectivity index (χ3v) is 7.55. The summed E-state index contributed by atoms with van der Waals surface area (Å²) in [5, 5.41) is 4.60. The Kier molecular flexibility index (Phi) is 5.43. The smallest absolute Gasteiger partial charge is 0.261 e. The van der Waals surface area contributed by atoms with Gasteiger partial charge in [-0.2, -0.15) is 4.98 Å². The van der Waals surface area contributed by atoms with Crippen molar-refractivity contribution in [1.29, 1.82) is 0 Å². The van der Waals surface area contributed by atoms with Gasteiger partial charge in [-0.15, -0.1) is 0 Å². The second-order valence-electron chi connectivity index (χ2n) is 7.91. The molecule has 2 aliphatic rings. The lowest BCUT2D eigenvalue weighted by Crippen LogP contribution is -2.33. The highest BCUT2D eigenvalue weighted by atomic mass is 35.5. The Morgan fingerprint density at radius 2 is 1.74 bits per heavy atom. The summed E-state index contributed by atoms with van der Waals surface area (Å²) >= 11 is 5.83. The number of hydrazine groups is 1. The highest BCUT2D eigenvalue weighted by Gasteiger charge is 2.40. The maximum atomic E-state index is 12.5. The predicted molar refractivity (Wildman–Crippen MR) is 117 cm³/mol. The molecule has 5 rings (SSSR count). The molecule has 0 radical (unpaired) electrons. The van der Waals surface area contributed by atoms with Gasteiger partial charge < -0.3 is 4.52 Å². The van der Waals surface area contributed by atoms with E-state index in [9.17, 15) is 8.42 Å². The van der Waals surface area contributed by atoms with Crippen LogP contribution in [0.5, 0.6) is 0 Å². The van der Waals surface area contributed by atoms with Crippen LogP contribution < -0.4 is 15.6 Å². The minimum absolute atomic E-state index is 0.0111. The van der Waals surface area contributed by atoms with Crippen molar-refractivity contribution in [2.45, 2.75) is 42.7 Å². The van der Waals surface area contributed by atoms with Crippen molar-refractivity contribution < 1.29 is 12.9 Å². The third-order valence-electron chi connectivity index (χ3n) is 5.90. The molecule has 1 saturated carbocycles. The Bertz CT molecular complexity index is 1160. The molecule has 2 heterocycles. The number of nitrogens with one attached hydrogen (secondary N) is 3. The van der Waals surface area contributed by atoms with Crippen LogP contribution in [-0.4, -0.2) is 24.6 Å². The zero-order chi connectivity index (χ0) is 21.4. The monoisotopic (exact) mass is 459 g/mol. The van der Waals surface area contributed by atoms with E-state index in [0.717, 1.165) is 18.4 Å². The standard InChI is InChI=1S/C21H22ClN5O3S/c22-14-7-11-16(12-8-14)31(28,29)27-15-9-5-13(6-10-15)20-23-21(30-26-20)19-17-3-1-2-4-18(17)24-25-19/h5-12,17-19,24-25,27H,1-4H2. The second-order valence-corrected chi connectivity index (χ2v) is 10.0. The van der Waals surface area contributed by atoms with Crippen molar-refractivity contribution >= 4 is 27.3 Å². The van der Waals surface area contributed by atoms with Gasteiger partial charge in [-0.05, 0) is 61.4 Å². The average Bonchev–Trinajstić information content (AvgIpc) is 3.41. The molecule has 1 aromatic heterocycles. The molecule has 0 bridgehead atoms. The first-order chi connectivity index (χ1) is 15.0. The van der Waals surface area contributed by atoms with E-state index in [0.29, 0.717) is 34.4 Å². The van der Waals surface area contributed by atoms with Crippen LogP contribution in [0, 0.1) is 5.92 Å². The summed E-state index contributed by atoms with van der Waals surface area (Å²) < 4.78 is 33.2. The SMILES string of the molecule is O=S(=O)(Nc1ccc(-c2noc(C3NNC4CCCCC43)n2)cc1)c1ccc(Cl)cc1. The number of sulfonamides is 1. The molecule has 3 N–H and O–H groups in total. The Labute approximate surface area is 185 Å². The quantitative estimate of drug-likeness (QED) is 0.530. The van der Waals surface area contributed by atoms with E-state index in [4.69, 9.17) is 16.1 Å². The molecular formula is C21H22ClN5O3S. The topological polar surface area (TPSA) is 109 Å². The van der Waals surface area contributed by atoms with Gasteiger partial charge in [0.1, 0.15) is 6.04 Å². The molecule has 2 aromatic carbocycles. The molecule has 31 heavy (non-hydrogen) atoms. The second kappa shape index (κ2) is 8.23. The molecular weight excluding hydrogens is 438 g/mol. The van der Waals surface area contributed by atoms with Crippen LogP contribution in [0.15, 0.2) is 57.9 Å². The molecule has 0 spiro atoms. The van der Waals surface area contributed by atoms with Crippen LogP contribution in [0.3, 0.4) is 0 Å². The average molecular weight is 460 g/mol. The molecule has 3 aromatic rings. The number of hydrogen-bond donors (Lipinski definition) is 3. The number of anilines is 1. The summed E-state index contributed by atoms with van der Waals surface area (Å²) in [5.41, 5.74) is 7.84. The number of nitrogens with zero attached hydrogens (tertiary/aromatic N) is 2. The summed E-state index contributed by atoms with van der Waals surface area (Å²) in [4.78, 5) is 4.72. The summed E-state index contributed by atoms with van der Waals surface area (Å²) in [7, 11) is -3.70. The molecule has 1 aliphatic carbocycles. The largest absolute Gasteiger partial charge is 0.337 e. The number of halogens is 1. The first-order valence-electron chi connectivity index (χ1n) is 10.2. The molecule has 10 heteroatoms. The van der Waals surface area contributed by atoms with Crippen molar-refractivity contribution in [1.82, 2.24) is 21.0 Å². The molecule has 2 fully saturated rings. The first kappa shape index (κ1) is 20.4. The van der Waals surface area contributed by atoms with Crippen LogP contribution in [0.1, 0.15) is 37.6 Å². The van der Waals surface area contributed by atoms with Crippen molar-refractivity contribution in [3.05, 3.63) is 59.4 Å². The highest BCUT2D eigenvalue weighted by Crippen LogP contribution is 2.37. The van der Waals surface area contributed by atoms with Gasteiger partial charge in [0.15, 0.2) is 0 Å². The predicted octanol–water partition coefficient (Wildman–Crippen LogP) is 3.90. The minimum Gasteiger partial charge on any atom is -0.337 e. The number of rotatable bonds is 5. The van der Waals surface area contributed by atoms with Crippen LogP contribution in [0.25, 0.3) is 11.4 Å². The van der Waals surface area contributed by atoms with Crippen molar-refractivity contribution in [2.24, 2.45) is 5.92 Å². The number of aromatic nitrogens is 2. The van der Waals surface area contributed by atoms with Gasteiger partial charge in [-0.25, -0.2) is 13.8 Å². The lowest BCUT2D eigenvalue weighted by atomic mass is 9.82. The van der Waals surface area contributed by atoms with E-state index in [1.807, 2.05) is 0 Å². The van der Waals surface area contributed by atoms with Gasteiger partial charge in [0.25, 0.3) is 10.0 Å². The summed E-state index contributed by atoms with van der Waals surface area (Å²) in [5.74, 6) is 1.50. The van der Waals surface area contributed by atoms with Crippen LogP contribution >= 0.6 is 11.6 Å². The van der Waals surface area contributed by atoms with Crippen molar-refractivity contribution in [3.8, 4) is 11.4 Å². The van der Waals surface area contributed by atoms with E-state index in [1.165, 1.54) is 37.1 Å². The Balaban J connectivity index is 1.30. The Morgan fingerprint density at radius 3 is 2.52 bits per heavy atom. The molecule has 3 atom stereocenters. The maximum Gasteiger partial charge on any atom is 0.261 e. The van der Waals surface area contributed by atoms with Gasteiger partial charge in [0.2, 0.25) is 11.7 Å². The Morgan fingerprint density at radius 1 is 1.00 bits per heavy atom. The number of hydrogen-bond acceptors (Lipinski definition) is 7. The van der Waals surface area contributed by atoms with Gasteiger partial charge in [-0.3, -0.25) is 10.1 Å². The summed E-state index contributed by atoms with van der Waals surface area (Å²) in [6, 6.07) is 13.3. The lowest BCUT2D eigenvalue weighted by Gasteiger charge is -2.25. The Hall–Kier alpha value is -2.46. The zero-order valence-corrected chi connectivity index (χ0v) is 18.2. The van der Waals surface area contributed by atoms with Gasteiger partial charge in [0.05, 0.1) is 4.90 Å². The van der Waals surface area contributed by atoms with Gasteiger partial charge in [-0.1, -0.05) is 29.6 Å². The minimum atomic E-state index is -3.70. The van der Waals surface area contributed by atoms with E-state index in [2.05, 4.69) is 25.7 Å². The molecule has 0 amide bonds. The number of fused-ring (bicyclic) bond motifs is 1. The van der Waals surface area contributed by atoms with Crippen molar-refractivity contribution in [2.75, 3.05) is 4.72 Å². The molecule has 1 aliphatic heterocycles. The maximum absolute atomic E-state index is 12.5. The molecule has 1 saturated heterocycles. The number of benzene rings is 2. The van der Waals surface area contributed by atoms with Crippen LogP contribution in [0.4, 0.5) is 5.69 Å². The highest BCUT2D eigenvalue weighted by molar-refractivity contribution is 7.92. The van der Waals surface area contributed by atoms with Gasteiger partial charge >= 0.3 is 0 Å². The van der Waals surface area contributed by atoms with Crippen LogP contribution in [0.2, 0.25) is 5.02 Å². The van der Waals surface area contributed by atoms with Crippen molar-refractivity contribution in [3.63, 3.8) is 0 Å². The summed E-state index contributed by atoms with van der Waals surface area (Å²) in [6.07, 6.45) is 4.75. The molecule has 8 nitrogen and oxygen atoms in total. The third kappa shape index (κ3) is 4.18. The lowest BCUT2D eigenvalue weighted by molar-refractivity contribution is 0.265. The fraction of sp³-hybridized carbons (Fsp3) is 0.333.